The first kappa shape index (κ1) is 17.4. The van der Waals surface area contributed by atoms with Crippen LogP contribution in [0, 0.1) is 11.8 Å². The van der Waals surface area contributed by atoms with Crippen LogP contribution in [-0.2, 0) is 9.53 Å². The topological polar surface area (TPSA) is 41.6 Å². The minimum atomic E-state index is -0.0905. The highest BCUT2D eigenvalue weighted by Crippen LogP contribution is 2.21. The van der Waals surface area contributed by atoms with Crippen molar-refractivity contribution in [2.45, 2.75) is 53.0 Å². The summed E-state index contributed by atoms with van der Waals surface area (Å²) in [5, 5.41) is 3.65. The van der Waals surface area contributed by atoms with Gasteiger partial charge in [-0.2, -0.15) is 0 Å². The molecule has 1 aliphatic rings. The Bertz CT molecular complexity index is 282. The van der Waals surface area contributed by atoms with Gasteiger partial charge in [-0.1, -0.05) is 27.2 Å². The molecular formula is C16H32N2O2. The van der Waals surface area contributed by atoms with E-state index in [0.717, 1.165) is 19.6 Å². The molecule has 0 aromatic rings. The smallest absolute Gasteiger partial charge is 0.320 e. The summed E-state index contributed by atoms with van der Waals surface area (Å²) in [6.45, 7) is 12.5. The molecule has 1 aliphatic heterocycles. The minimum absolute atomic E-state index is 0.0905. The molecule has 2 unspecified atom stereocenters. The van der Waals surface area contributed by atoms with Crippen molar-refractivity contribution in [2.24, 2.45) is 11.8 Å². The van der Waals surface area contributed by atoms with Crippen molar-refractivity contribution >= 4 is 5.97 Å². The number of carbonyl (C=O) groups excluding carboxylic acids is 1. The Labute approximate surface area is 124 Å². The number of ether oxygens (including phenoxy) is 1. The third-order valence-corrected chi connectivity index (χ3v) is 3.78. The first-order chi connectivity index (χ1) is 9.55. The Hall–Kier alpha value is -0.610. The molecule has 0 saturated carbocycles. The van der Waals surface area contributed by atoms with E-state index in [1.54, 1.807) is 0 Å². The van der Waals surface area contributed by atoms with Gasteiger partial charge in [-0.05, 0) is 38.1 Å². The van der Waals surface area contributed by atoms with Crippen molar-refractivity contribution in [3.8, 4) is 0 Å². The van der Waals surface area contributed by atoms with Crippen molar-refractivity contribution in [1.29, 1.82) is 0 Å². The fourth-order valence-corrected chi connectivity index (χ4v) is 2.99. The van der Waals surface area contributed by atoms with Crippen molar-refractivity contribution < 1.29 is 9.53 Å². The van der Waals surface area contributed by atoms with E-state index >= 15 is 0 Å². The maximum atomic E-state index is 11.7. The third-order valence-electron chi connectivity index (χ3n) is 3.78. The average molecular weight is 284 g/mol. The van der Waals surface area contributed by atoms with Crippen molar-refractivity contribution in [1.82, 2.24) is 10.2 Å². The Morgan fingerprint density at radius 1 is 1.35 bits per heavy atom. The lowest BCUT2D eigenvalue weighted by atomic mass is 9.90. The predicted octanol–water partition coefficient (Wildman–Crippen LogP) is 2.29. The minimum Gasteiger partial charge on any atom is -0.465 e. The van der Waals surface area contributed by atoms with E-state index in [2.05, 4.69) is 31.0 Å². The Morgan fingerprint density at radius 2 is 2.10 bits per heavy atom. The average Bonchev–Trinajstić information content (AvgIpc) is 2.36. The second-order valence-electron chi connectivity index (χ2n) is 6.39. The van der Waals surface area contributed by atoms with E-state index in [1.807, 2.05) is 6.92 Å². The summed E-state index contributed by atoms with van der Waals surface area (Å²) in [5.41, 5.74) is 0. The molecular weight excluding hydrogens is 252 g/mol. The molecule has 0 spiro atoms. The normalized spacial score (nSPS) is 24.1. The van der Waals surface area contributed by atoms with Crippen LogP contribution < -0.4 is 5.32 Å². The maximum absolute atomic E-state index is 11.7. The zero-order valence-electron chi connectivity index (χ0n) is 13.7. The van der Waals surface area contributed by atoms with Crippen LogP contribution in [0.4, 0.5) is 0 Å². The second kappa shape index (κ2) is 9.35. The fraction of sp³-hybridized carbons (Fsp3) is 0.938. The molecule has 4 heteroatoms. The number of rotatable bonds is 8. The summed E-state index contributed by atoms with van der Waals surface area (Å²) in [7, 11) is 0. The third kappa shape index (κ3) is 6.71. The van der Waals surface area contributed by atoms with Crippen LogP contribution in [0.5, 0.6) is 0 Å². The first-order valence-corrected chi connectivity index (χ1v) is 8.16. The number of nitrogens with zero attached hydrogens (tertiary/aromatic N) is 1. The monoisotopic (exact) mass is 284 g/mol. The molecule has 1 saturated heterocycles. The Balaban J connectivity index is 2.48. The zero-order chi connectivity index (χ0) is 15.0. The van der Waals surface area contributed by atoms with E-state index in [4.69, 9.17) is 4.74 Å². The van der Waals surface area contributed by atoms with Gasteiger partial charge in [0.15, 0.2) is 0 Å². The number of piperidine rings is 1. The van der Waals surface area contributed by atoms with E-state index in [9.17, 15) is 4.79 Å². The van der Waals surface area contributed by atoms with Crippen LogP contribution >= 0.6 is 0 Å². The lowest BCUT2D eigenvalue weighted by molar-refractivity contribution is -0.145. The quantitative estimate of drug-likeness (QED) is 0.694. The maximum Gasteiger partial charge on any atom is 0.320 e. The van der Waals surface area contributed by atoms with Crippen molar-refractivity contribution in [2.75, 3.05) is 32.8 Å². The van der Waals surface area contributed by atoms with Gasteiger partial charge in [0.2, 0.25) is 0 Å². The molecule has 4 nitrogen and oxygen atoms in total. The number of hydrogen-bond acceptors (Lipinski definition) is 4. The van der Waals surface area contributed by atoms with E-state index < -0.39 is 0 Å². The van der Waals surface area contributed by atoms with Gasteiger partial charge in [-0.25, -0.2) is 0 Å². The highest BCUT2D eigenvalue weighted by Gasteiger charge is 2.27. The molecule has 0 aliphatic carbocycles. The van der Waals surface area contributed by atoms with Crippen molar-refractivity contribution in [3.63, 3.8) is 0 Å². The van der Waals surface area contributed by atoms with Crippen LogP contribution in [0.2, 0.25) is 0 Å². The Kier molecular flexibility index (Phi) is 8.15. The van der Waals surface area contributed by atoms with Gasteiger partial charge in [0.1, 0.15) is 0 Å². The van der Waals surface area contributed by atoms with Gasteiger partial charge in [-0.15, -0.1) is 0 Å². The van der Waals surface area contributed by atoms with Crippen molar-refractivity contribution in [3.05, 3.63) is 0 Å². The molecule has 1 rings (SSSR count). The molecule has 118 valence electrons. The standard InChI is InChI=1S/C16H32N2O2/c1-5-7-14-8-15(17-9-13(3)4)11-18(10-14)12-16(19)20-6-2/h13-15,17H,5-12H2,1-4H3. The molecule has 0 aromatic carbocycles. The summed E-state index contributed by atoms with van der Waals surface area (Å²) in [6.07, 6.45) is 3.70. The molecule has 0 aromatic heterocycles. The van der Waals surface area contributed by atoms with Crippen LogP contribution in [0.25, 0.3) is 0 Å². The fourth-order valence-electron chi connectivity index (χ4n) is 2.99. The van der Waals surface area contributed by atoms with E-state index in [1.165, 1.54) is 19.3 Å². The van der Waals surface area contributed by atoms with Gasteiger partial charge < -0.3 is 10.1 Å². The van der Waals surface area contributed by atoms with Gasteiger partial charge in [-0.3, -0.25) is 9.69 Å². The molecule has 20 heavy (non-hydrogen) atoms. The van der Waals surface area contributed by atoms with Crippen LogP contribution in [0.3, 0.4) is 0 Å². The molecule has 0 amide bonds. The number of likely N-dealkylation sites (tertiary alicyclic amines) is 1. The molecule has 1 fully saturated rings. The van der Waals surface area contributed by atoms with E-state index in [-0.39, 0.29) is 5.97 Å². The molecule has 1 heterocycles. The summed E-state index contributed by atoms with van der Waals surface area (Å²) in [6, 6.07) is 0.511. The zero-order valence-corrected chi connectivity index (χ0v) is 13.7. The van der Waals surface area contributed by atoms with Crippen LogP contribution in [-0.4, -0.2) is 49.7 Å². The number of nitrogens with one attached hydrogen (secondary N) is 1. The largest absolute Gasteiger partial charge is 0.465 e. The summed E-state index contributed by atoms with van der Waals surface area (Å²) >= 11 is 0. The predicted molar refractivity (Wildman–Crippen MR) is 82.7 cm³/mol. The number of esters is 1. The SMILES string of the molecule is CCCC1CC(NCC(C)C)CN(CC(=O)OCC)C1. The summed E-state index contributed by atoms with van der Waals surface area (Å²) in [4.78, 5) is 13.9. The van der Waals surface area contributed by atoms with Gasteiger partial charge >= 0.3 is 5.97 Å². The summed E-state index contributed by atoms with van der Waals surface area (Å²) in [5.74, 6) is 1.28. The molecule has 0 radical (unpaired) electrons. The number of carbonyl (C=O) groups is 1. The molecule has 1 N–H and O–H groups in total. The lowest BCUT2D eigenvalue weighted by Crippen LogP contribution is -2.51. The Morgan fingerprint density at radius 3 is 2.70 bits per heavy atom. The van der Waals surface area contributed by atoms with Gasteiger partial charge in [0.25, 0.3) is 0 Å². The lowest BCUT2D eigenvalue weighted by Gasteiger charge is -2.38. The number of hydrogen-bond donors (Lipinski definition) is 1. The summed E-state index contributed by atoms with van der Waals surface area (Å²) < 4.78 is 5.07. The molecule has 2 atom stereocenters. The first-order valence-electron chi connectivity index (χ1n) is 8.16. The van der Waals surface area contributed by atoms with Gasteiger partial charge in [0, 0.05) is 19.1 Å². The van der Waals surface area contributed by atoms with Crippen LogP contribution in [0.15, 0.2) is 0 Å². The highest BCUT2D eigenvalue weighted by molar-refractivity contribution is 5.71. The highest BCUT2D eigenvalue weighted by atomic mass is 16.5. The molecule has 0 bridgehead atoms. The second-order valence-corrected chi connectivity index (χ2v) is 6.39. The van der Waals surface area contributed by atoms with E-state index in [0.29, 0.717) is 31.0 Å². The van der Waals surface area contributed by atoms with Gasteiger partial charge in [0.05, 0.1) is 13.2 Å². The van der Waals surface area contributed by atoms with Crippen LogP contribution in [0.1, 0.15) is 47.0 Å².